The Morgan fingerprint density at radius 1 is 1.11 bits per heavy atom. The molecule has 3 aromatic rings. The third-order valence-corrected chi connectivity index (χ3v) is 3.84. The fraction of sp³-hybridized carbons (Fsp3) is 0.158. The second-order valence-electron chi connectivity index (χ2n) is 5.88. The topological polar surface area (TPSA) is 80.4 Å². The van der Waals surface area contributed by atoms with Crippen molar-refractivity contribution >= 4 is 22.5 Å². The molecular formula is C19H15F3N2O4. The first-order valence-corrected chi connectivity index (χ1v) is 8.07. The smallest absolute Gasteiger partial charge is 0.406 e. The van der Waals surface area contributed by atoms with Crippen molar-refractivity contribution < 1.29 is 27.4 Å². The van der Waals surface area contributed by atoms with Gasteiger partial charge in [-0.25, -0.2) is 0 Å². The monoisotopic (exact) mass is 392 g/mol. The van der Waals surface area contributed by atoms with Crippen LogP contribution in [0.3, 0.4) is 0 Å². The molecule has 0 saturated heterocycles. The maximum atomic E-state index is 12.3. The number of hydrogen-bond donors (Lipinski definition) is 2. The largest absolute Gasteiger partial charge is 0.573 e. The number of halogens is 3. The summed E-state index contributed by atoms with van der Waals surface area (Å²) in [5.74, 6) is -0.939. The van der Waals surface area contributed by atoms with Crippen LogP contribution in [0.25, 0.3) is 10.9 Å². The van der Waals surface area contributed by atoms with Gasteiger partial charge in [0.15, 0.2) is 0 Å². The lowest BCUT2D eigenvalue weighted by Crippen LogP contribution is -2.17. The standard InChI is InChI=1S/C19H15F3N2O4/c1-27-10-12-8-17(25)24-16-9-13(4-7-15(12)16)23-18(26)11-2-5-14(6-3-11)28-19(20,21)22/h2-9H,10H2,1H3,(H,23,26)(H,24,25). The Balaban J connectivity index is 1.80. The van der Waals surface area contributed by atoms with Crippen molar-refractivity contribution in [2.75, 3.05) is 12.4 Å². The molecule has 1 heterocycles. The molecule has 6 nitrogen and oxygen atoms in total. The molecule has 0 unspecified atom stereocenters. The maximum Gasteiger partial charge on any atom is 0.573 e. The van der Waals surface area contributed by atoms with Gasteiger partial charge in [0.25, 0.3) is 5.91 Å². The minimum absolute atomic E-state index is 0.149. The van der Waals surface area contributed by atoms with E-state index in [1.54, 1.807) is 18.2 Å². The average Bonchev–Trinajstić information content (AvgIpc) is 2.60. The molecule has 0 aliphatic carbocycles. The predicted molar refractivity (Wildman–Crippen MR) is 96.4 cm³/mol. The molecule has 146 valence electrons. The molecule has 1 aromatic heterocycles. The van der Waals surface area contributed by atoms with Gasteiger partial charge in [-0.05, 0) is 42.0 Å². The van der Waals surface area contributed by atoms with E-state index in [-0.39, 0.29) is 17.7 Å². The molecule has 0 aliphatic heterocycles. The first-order valence-electron chi connectivity index (χ1n) is 8.07. The summed E-state index contributed by atoms with van der Waals surface area (Å²) < 4.78 is 45.4. The first kappa shape index (κ1) is 19.4. The van der Waals surface area contributed by atoms with Crippen LogP contribution in [-0.4, -0.2) is 24.4 Å². The highest BCUT2D eigenvalue weighted by Gasteiger charge is 2.31. The number of carbonyl (C=O) groups is 1. The number of hydrogen-bond acceptors (Lipinski definition) is 4. The van der Waals surface area contributed by atoms with E-state index in [2.05, 4.69) is 15.0 Å². The zero-order valence-electron chi connectivity index (χ0n) is 14.6. The van der Waals surface area contributed by atoms with Crippen molar-refractivity contribution in [2.24, 2.45) is 0 Å². The van der Waals surface area contributed by atoms with Gasteiger partial charge >= 0.3 is 6.36 Å². The van der Waals surface area contributed by atoms with Crippen LogP contribution in [0.4, 0.5) is 18.9 Å². The Hall–Kier alpha value is -3.33. The van der Waals surface area contributed by atoms with Crippen LogP contribution in [0.1, 0.15) is 15.9 Å². The van der Waals surface area contributed by atoms with Crippen molar-refractivity contribution in [3.05, 3.63) is 70.0 Å². The number of anilines is 1. The van der Waals surface area contributed by atoms with E-state index in [1.165, 1.54) is 25.3 Å². The van der Waals surface area contributed by atoms with Crippen molar-refractivity contribution in [1.82, 2.24) is 4.98 Å². The summed E-state index contributed by atoms with van der Waals surface area (Å²) >= 11 is 0. The zero-order valence-corrected chi connectivity index (χ0v) is 14.6. The molecule has 2 aromatic carbocycles. The van der Waals surface area contributed by atoms with Crippen LogP contribution >= 0.6 is 0 Å². The molecule has 0 spiro atoms. The summed E-state index contributed by atoms with van der Waals surface area (Å²) in [5.41, 5.74) is 1.49. The van der Waals surface area contributed by atoms with Gasteiger partial charge in [0, 0.05) is 29.8 Å². The molecule has 0 fully saturated rings. The van der Waals surface area contributed by atoms with E-state index in [1.807, 2.05) is 0 Å². The number of fused-ring (bicyclic) bond motifs is 1. The highest BCUT2D eigenvalue weighted by atomic mass is 19.4. The van der Waals surface area contributed by atoms with E-state index in [0.29, 0.717) is 16.8 Å². The quantitative estimate of drug-likeness (QED) is 0.692. The van der Waals surface area contributed by atoms with Crippen LogP contribution in [0.5, 0.6) is 5.75 Å². The number of aromatic amines is 1. The Labute approximate surface area is 156 Å². The summed E-state index contributed by atoms with van der Waals surface area (Å²) in [5, 5.41) is 3.41. The average molecular weight is 392 g/mol. The van der Waals surface area contributed by atoms with Gasteiger partial charge in [-0.15, -0.1) is 13.2 Å². The number of H-pyrrole nitrogens is 1. The lowest BCUT2D eigenvalue weighted by molar-refractivity contribution is -0.274. The molecular weight excluding hydrogens is 377 g/mol. The molecule has 0 radical (unpaired) electrons. The number of aromatic nitrogens is 1. The van der Waals surface area contributed by atoms with Gasteiger partial charge in [-0.3, -0.25) is 9.59 Å². The summed E-state index contributed by atoms with van der Waals surface area (Å²) in [6.07, 6.45) is -4.80. The third kappa shape index (κ3) is 4.68. The van der Waals surface area contributed by atoms with Gasteiger partial charge in [0.2, 0.25) is 5.56 Å². The number of amides is 1. The summed E-state index contributed by atoms with van der Waals surface area (Å²) in [6, 6.07) is 11.0. The Bertz CT molecular complexity index is 1060. The molecule has 0 atom stereocenters. The molecule has 0 aliphatic rings. The molecule has 2 N–H and O–H groups in total. The normalized spacial score (nSPS) is 11.4. The Morgan fingerprint density at radius 3 is 2.46 bits per heavy atom. The Morgan fingerprint density at radius 2 is 1.82 bits per heavy atom. The van der Waals surface area contributed by atoms with Crippen LogP contribution in [0.2, 0.25) is 0 Å². The predicted octanol–water partition coefficient (Wildman–Crippen LogP) is 3.83. The number of benzene rings is 2. The number of pyridine rings is 1. The summed E-state index contributed by atoms with van der Waals surface area (Å²) in [6.45, 7) is 0.262. The van der Waals surface area contributed by atoms with Crippen LogP contribution < -0.4 is 15.6 Å². The lowest BCUT2D eigenvalue weighted by Gasteiger charge is -2.10. The Kier molecular flexibility index (Phi) is 5.36. The number of nitrogens with one attached hydrogen (secondary N) is 2. The number of rotatable bonds is 5. The second-order valence-corrected chi connectivity index (χ2v) is 5.88. The fourth-order valence-electron chi connectivity index (χ4n) is 2.70. The molecule has 9 heteroatoms. The molecule has 1 amide bonds. The van der Waals surface area contributed by atoms with Gasteiger partial charge < -0.3 is 19.8 Å². The number of ether oxygens (including phenoxy) is 2. The maximum absolute atomic E-state index is 12.3. The minimum Gasteiger partial charge on any atom is -0.406 e. The number of carbonyl (C=O) groups excluding carboxylic acids is 1. The second kappa shape index (κ2) is 7.73. The van der Waals surface area contributed by atoms with E-state index in [4.69, 9.17) is 4.74 Å². The minimum atomic E-state index is -4.80. The van der Waals surface area contributed by atoms with E-state index in [0.717, 1.165) is 17.5 Å². The molecule has 0 saturated carbocycles. The zero-order chi connectivity index (χ0) is 20.3. The summed E-state index contributed by atoms with van der Waals surface area (Å²) in [4.78, 5) is 26.8. The number of methoxy groups -OCH3 is 1. The van der Waals surface area contributed by atoms with Crippen molar-refractivity contribution in [1.29, 1.82) is 0 Å². The van der Waals surface area contributed by atoms with Gasteiger partial charge in [0.05, 0.1) is 12.1 Å². The SMILES string of the molecule is COCc1cc(=O)[nH]c2cc(NC(=O)c3ccc(OC(F)(F)F)cc3)ccc12. The van der Waals surface area contributed by atoms with Crippen LogP contribution in [-0.2, 0) is 11.3 Å². The lowest BCUT2D eigenvalue weighted by atomic mass is 10.1. The molecule has 3 rings (SSSR count). The fourth-order valence-corrected chi connectivity index (χ4v) is 2.70. The van der Waals surface area contributed by atoms with Gasteiger partial charge in [0.1, 0.15) is 5.75 Å². The highest BCUT2D eigenvalue weighted by molar-refractivity contribution is 6.05. The van der Waals surface area contributed by atoms with E-state index < -0.39 is 18.0 Å². The third-order valence-electron chi connectivity index (χ3n) is 3.84. The van der Waals surface area contributed by atoms with Crippen molar-refractivity contribution in [2.45, 2.75) is 13.0 Å². The van der Waals surface area contributed by atoms with Crippen molar-refractivity contribution in [3.63, 3.8) is 0 Å². The number of alkyl halides is 3. The molecule has 28 heavy (non-hydrogen) atoms. The van der Waals surface area contributed by atoms with Crippen LogP contribution in [0.15, 0.2) is 53.3 Å². The van der Waals surface area contributed by atoms with Gasteiger partial charge in [-0.2, -0.15) is 0 Å². The van der Waals surface area contributed by atoms with Gasteiger partial charge in [-0.1, -0.05) is 6.07 Å². The first-order chi connectivity index (χ1) is 13.2. The van der Waals surface area contributed by atoms with Crippen LogP contribution in [0, 0.1) is 0 Å². The molecule has 0 bridgehead atoms. The van der Waals surface area contributed by atoms with E-state index >= 15 is 0 Å². The summed E-state index contributed by atoms with van der Waals surface area (Å²) in [7, 11) is 1.52. The van der Waals surface area contributed by atoms with E-state index in [9.17, 15) is 22.8 Å². The van der Waals surface area contributed by atoms with Crippen molar-refractivity contribution in [3.8, 4) is 5.75 Å². The highest BCUT2D eigenvalue weighted by Crippen LogP contribution is 2.24.